The second-order valence-corrected chi connectivity index (χ2v) is 4.74. The van der Waals surface area contributed by atoms with Crippen molar-refractivity contribution >= 4 is 11.6 Å². The molecule has 0 radical (unpaired) electrons. The Morgan fingerprint density at radius 3 is 3.00 bits per heavy atom. The Labute approximate surface area is 115 Å². The van der Waals surface area contributed by atoms with E-state index in [4.69, 9.17) is 0 Å². The number of carbonyl (C=O) groups excluding carboxylic acids is 1. The van der Waals surface area contributed by atoms with Gasteiger partial charge in [0.25, 0.3) is 5.91 Å². The summed E-state index contributed by atoms with van der Waals surface area (Å²) in [5.74, 6) is -0.829. The summed E-state index contributed by atoms with van der Waals surface area (Å²) in [6, 6.07) is 6.35. The predicted octanol–water partition coefficient (Wildman–Crippen LogP) is 2.52. The first kappa shape index (κ1) is 12.6. The highest BCUT2D eigenvalue weighted by molar-refractivity contribution is 6.07. The molecule has 1 aromatic carbocycles. The van der Waals surface area contributed by atoms with Crippen molar-refractivity contribution in [3.8, 4) is 5.75 Å². The van der Waals surface area contributed by atoms with Gasteiger partial charge in [-0.3, -0.25) is 9.78 Å². The predicted molar refractivity (Wildman–Crippen MR) is 72.3 cm³/mol. The van der Waals surface area contributed by atoms with Crippen LogP contribution >= 0.6 is 0 Å². The fraction of sp³-hybridized carbons (Fsp3) is 0.200. The number of benzene rings is 1. The topological polar surface area (TPSA) is 53.4 Å². The van der Waals surface area contributed by atoms with Crippen molar-refractivity contribution in [1.82, 2.24) is 4.98 Å². The van der Waals surface area contributed by atoms with E-state index in [-0.39, 0.29) is 17.2 Å². The summed E-state index contributed by atoms with van der Waals surface area (Å²) < 4.78 is 13.2. The van der Waals surface area contributed by atoms with Gasteiger partial charge in [0.1, 0.15) is 11.6 Å². The number of pyridine rings is 1. The van der Waals surface area contributed by atoms with Gasteiger partial charge in [0.15, 0.2) is 0 Å². The fourth-order valence-electron chi connectivity index (χ4n) is 2.52. The number of carbonyl (C=O) groups is 1. The van der Waals surface area contributed by atoms with E-state index >= 15 is 0 Å². The molecule has 0 saturated heterocycles. The zero-order chi connectivity index (χ0) is 14.1. The summed E-state index contributed by atoms with van der Waals surface area (Å²) in [6.45, 7) is 0.500. The van der Waals surface area contributed by atoms with E-state index in [1.54, 1.807) is 12.1 Å². The van der Waals surface area contributed by atoms with Gasteiger partial charge in [-0.2, -0.15) is 0 Å². The Morgan fingerprint density at radius 1 is 1.35 bits per heavy atom. The Balaban J connectivity index is 2.03. The number of rotatable bonds is 1. The molecule has 0 fully saturated rings. The Hall–Kier alpha value is -2.43. The van der Waals surface area contributed by atoms with Crippen LogP contribution in [0.25, 0.3) is 0 Å². The molecule has 20 heavy (non-hydrogen) atoms. The lowest BCUT2D eigenvalue weighted by Gasteiger charge is -2.30. The lowest BCUT2D eigenvalue weighted by Crippen LogP contribution is -2.35. The normalized spacial score (nSPS) is 13.9. The zero-order valence-corrected chi connectivity index (χ0v) is 10.7. The van der Waals surface area contributed by atoms with Gasteiger partial charge in [-0.05, 0) is 30.5 Å². The van der Waals surface area contributed by atoms with Crippen LogP contribution in [0.5, 0.6) is 5.75 Å². The Kier molecular flexibility index (Phi) is 3.10. The van der Waals surface area contributed by atoms with Gasteiger partial charge < -0.3 is 10.0 Å². The monoisotopic (exact) mass is 272 g/mol. The van der Waals surface area contributed by atoms with Gasteiger partial charge >= 0.3 is 0 Å². The second kappa shape index (κ2) is 4.92. The molecule has 1 aliphatic heterocycles. The highest BCUT2D eigenvalue weighted by Gasteiger charge is 2.26. The number of anilines is 1. The molecule has 1 amide bonds. The summed E-state index contributed by atoms with van der Waals surface area (Å²) in [7, 11) is 0. The highest BCUT2D eigenvalue weighted by Crippen LogP contribution is 2.36. The first-order chi connectivity index (χ1) is 9.66. The number of aryl methyl sites for hydroxylation is 1. The number of aromatic nitrogens is 1. The number of para-hydroxylation sites is 1. The number of halogens is 1. The standard InChI is InChI=1S/C15H13FN2O2/c16-12-7-11(8-17-9-12)15(20)18-6-2-4-10-3-1-5-13(19)14(10)18/h1,3,5,7-9,19H,2,4,6H2. The van der Waals surface area contributed by atoms with E-state index in [2.05, 4.69) is 4.98 Å². The number of hydrogen-bond donors (Lipinski definition) is 1. The SMILES string of the molecule is O=C(c1cncc(F)c1)N1CCCc2cccc(O)c21. The van der Waals surface area contributed by atoms with Crippen molar-refractivity contribution in [1.29, 1.82) is 0 Å². The van der Waals surface area contributed by atoms with E-state index in [0.717, 1.165) is 30.7 Å². The molecule has 5 heteroatoms. The van der Waals surface area contributed by atoms with Crippen LogP contribution in [0.2, 0.25) is 0 Å². The first-order valence-corrected chi connectivity index (χ1v) is 6.40. The van der Waals surface area contributed by atoms with Crippen LogP contribution in [-0.4, -0.2) is 22.5 Å². The first-order valence-electron chi connectivity index (χ1n) is 6.40. The summed E-state index contributed by atoms with van der Waals surface area (Å²) in [5, 5.41) is 9.99. The number of hydrogen-bond acceptors (Lipinski definition) is 3. The molecule has 1 aromatic heterocycles. The molecule has 102 valence electrons. The van der Waals surface area contributed by atoms with Crippen LogP contribution in [0.1, 0.15) is 22.3 Å². The number of fused-ring (bicyclic) bond motifs is 1. The Bertz CT molecular complexity index is 673. The van der Waals surface area contributed by atoms with Crippen LogP contribution in [0.15, 0.2) is 36.7 Å². The molecule has 1 aliphatic rings. The van der Waals surface area contributed by atoms with Gasteiger partial charge in [0.2, 0.25) is 0 Å². The van der Waals surface area contributed by atoms with Gasteiger partial charge in [-0.15, -0.1) is 0 Å². The smallest absolute Gasteiger partial charge is 0.260 e. The van der Waals surface area contributed by atoms with E-state index in [1.165, 1.54) is 11.1 Å². The molecule has 0 unspecified atom stereocenters. The third-order valence-electron chi connectivity index (χ3n) is 3.39. The summed E-state index contributed by atoms with van der Waals surface area (Å²) in [4.78, 5) is 17.7. The maximum Gasteiger partial charge on any atom is 0.260 e. The van der Waals surface area contributed by atoms with Crippen molar-refractivity contribution in [3.05, 3.63) is 53.6 Å². The molecule has 0 atom stereocenters. The van der Waals surface area contributed by atoms with E-state index in [1.807, 2.05) is 6.07 Å². The van der Waals surface area contributed by atoms with Crippen molar-refractivity contribution in [3.63, 3.8) is 0 Å². The minimum Gasteiger partial charge on any atom is -0.506 e. The minimum absolute atomic E-state index is 0.0694. The molecule has 0 aliphatic carbocycles. The van der Waals surface area contributed by atoms with Gasteiger partial charge in [-0.25, -0.2) is 4.39 Å². The van der Waals surface area contributed by atoms with E-state index < -0.39 is 5.82 Å². The van der Waals surface area contributed by atoms with Crippen molar-refractivity contribution in [2.75, 3.05) is 11.4 Å². The fourth-order valence-corrected chi connectivity index (χ4v) is 2.52. The number of amides is 1. The molecule has 4 nitrogen and oxygen atoms in total. The second-order valence-electron chi connectivity index (χ2n) is 4.74. The number of phenols is 1. The van der Waals surface area contributed by atoms with Gasteiger partial charge in [0, 0.05) is 12.7 Å². The van der Waals surface area contributed by atoms with Crippen LogP contribution < -0.4 is 4.90 Å². The lowest BCUT2D eigenvalue weighted by molar-refractivity contribution is 0.0983. The Morgan fingerprint density at radius 2 is 2.20 bits per heavy atom. The largest absolute Gasteiger partial charge is 0.506 e. The maximum atomic E-state index is 13.2. The number of aromatic hydroxyl groups is 1. The summed E-state index contributed by atoms with van der Waals surface area (Å²) in [6.07, 6.45) is 4.01. The van der Waals surface area contributed by atoms with Crippen LogP contribution in [-0.2, 0) is 6.42 Å². The van der Waals surface area contributed by atoms with Crippen molar-refractivity contribution < 1.29 is 14.3 Å². The third kappa shape index (κ3) is 2.11. The third-order valence-corrected chi connectivity index (χ3v) is 3.39. The molecule has 0 bridgehead atoms. The molecule has 0 spiro atoms. The van der Waals surface area contributed by atoms with E-state index in [9.17, 15) is 14.3 Å². The van der Waals surface area contributed by atoms with Crippen LogP contribution in [0.4, 0.5) is 10.1 Å². The van der Waals surface area contributed by atoms with Crippen molar-refractivity contribution in [2.45, 2.75) is 12.8 Å². The molecular weight excluding hydrogens is 259 g/mol. The zero-order valence-electron chi connectivity index (χ0n) is 10.7. The summed E-state index contributed by atoms with van der Waals surface area (Å²) >= 11 is 0. The molecule has 3 rings (SSSR count). The van der Waals surface area contributed by atoms with E-state index in [0.29, 0.717) is 12.2 Å². The van der Waals surface area contributed by atoms with Crippen molar-refractivity contribution in [2.24, 2.45) is 0 Å². The van der Waals surface area contributed by atoms with Gasteiger partial charge in [0.05, 0.1) is 17.4 Å². The molecule has 2 heterocycles. The number of phenolic OH excluding ortho intramolecular Hbond substituents is 1. The summed E-state index contributed by atoms with van der Waals surface area (Å²) in [5.41, 5.74) is 1.63. The van der Waals surface area contributed by atoms with Crippen LogP contribution in [0, 0.1) is 5.82 Å². The number of nitrogens with zero attached hydrogens (tertiary/aromatic N) is 2. The maximum absolute atomic E-state index is 13.2. The highest BCUT2D eigenvalue weighted by atomic mass is 19.1. The molecule has 0 saturated carbocycles. The van der Waals surface area contributed by atoms with Crippen LogP contribution in [0.3, 0.4) is 0 Å². The lowest BCUT2D eigenvalue weighted by atomic mass is 10.0. The average molecular weight is 272 g/mol. The minimum atomic E-state index is -0.551. The molecule has 2 aromatic rings. The molecular formula is C15H13FN2O2. The molecule has 1 N–H and O–H groups in total. The van der Waals surface area contributed by atoms with Gasteiger partial charge in [-0.1, -0.05) is 12.1 Å². The average Bonchev–Trinajstić information content (AvgIpc) is 2.46. The quantitative estimate of drug-likeness (QED) is 0.867.